The molecule has 0 saturated heterocycles. The van der Waals surface area contributed by atoms with Crippen LogP contribution in [0.25, 0.3) is 21.5 Å². The van der Waals surface area contributed by atoms with Gasteiger partial charge in [-0.25, -0.2) is 0 Å². The minimum atomic E-state index is -0.444. The molecule has 2 aromatic heterocycles. The Labute approximate surface area is 105 Å². The van der Waals surface area contributed by atoms with E-state index in [1.54, 1.807) is 6.92 Å². The Morgan fingerprint density at radius 3 is 1.47 bits per heavy atom. The van der Waals surface area contributed by atoms with Crippen molar-refractivity contribution in [1.29, 1.82) is 0 Å². The zero-order chi connectivity index (χ0) is 14.1. The van der Waals surface area contributed by atoms with Crippen molar-refractivity contribution in [2.75, 3.05) is 0 Å². The Morgan fingerprint density at radius 1 is 0.737 bits per heavy atom. The number of hydrogen-bond acceptors (Lipinski definition) is 4. The number of nitrogens with zero attached hydrogens (tertiary/aromatic N) is 2. The fraction of sp³-hybridized carbons (Fsp3) is 0.231. The van der Waals surface area contributed by atoms with E-state index in [1.807, 2.05) is 0 Å². The summed E-state index contributed by atoms with van der Waals surface area (Å²) >= 11 is 0. The van der Waals surface area contributed by atoms with Crippen LogP contribution in [0.1, 0.15) is 5.56 Å². The van der Waals surface area contributed by atoms with Gasteiger partial charge in [-0.2, -0.15) is 0 Å². The molecular formula is C13H10N2O4. The summed E-state index contributed by atoms with van der Waals surface area (Å²) in [6.07, 6.45) is 0. The topological polar surface area (TPSA) is 78.1 Å². The number of rotatable bonds is 0. The van der Waals surface area contributed by atoms with E-state index in [1.165, 1.54) is 20.2 Å². The van der Waals surface area contributed by atoms with E-state index in [2.05, 4.69) is 0 Å². The second-order valence-corrected chi connectivity index (χ2v) is 4.69. The summed E-state index contributed by atoms with van der Waals surface area (Å²) in [5.74, 6) is 0. The van der Waals surface area contributed by atoms with E-state index >= 15 is 0 Å². The molecule has 0 fully saturated rings. The SMILES string of the molecule is Cc1c2c(=O)n(C)c(=O)c2cc2c(=O)n(C)c(=O)c12. The maximum atomic E-state index is 12.0. The van der Waals surface area contributed by atoms with E-state index in [9.17, 15) is 19.2 Å². The van der Waals surface area contributed by atoms with Gasteiger partial charge in [-0.3, -0.25) is 28.3 Å². The Hall–Kier alpha value is -2.50. The first-order valence-electron chi connectivity index (χ1n) is 5.68. The molecule has 96 valence electrons. The van der Waals surface area contributed by atoms with Crippen molar-refractivity contribution in [3.63, 3.8) is 0 Å². The normalized spacial score (nSPS) is 11.7. The van der Waals surface area contributed by atoms with Crippen molar-refractivity contribution < 1.29 is 0 Å². The lowest BCUT2D eigenvalue weighted by molar-refractivity contribution is 0.854. The summed E-state index contributed by atoms with van der Waals surface area (Å²) in [5, 5.41) is 0.839. The third-order valence-electron chi connectivity index (χ3n) is 3.68. The molecule has 19 heavy (non-hydrogen) atoms. The molecule has 0 radical (unpaired) electrons. The first-order valence-corrected chi connectivity index (χ1v) is 5.68. The summed E-state index contributed by atoms with van der Waals surface area (Å²) in [4.78, 5) is 47.8. The molecule has 0 amide bonds. The molecule has 6 heteroatoms. The second kappa shape index (κ2) is 3.28. The van der Waals surface area contributed by atoms with Crippen LogP contribution < -0.4 is 22.2 Å². The Balaban J connectivity index is 2.86. The molecule has 2 heterocycles. The van der Waals surface area contributed by atoms with Crippen molar-refractivity contribution in [3.05, 3.63) is 53.0 Å². The van der Waals surface area contributed by atoms with Gasteiger partial charge in [0.1, 0.15) is 0 Å². The maximum absolute atomic E-state index is 12.0. The van der Waals surface area contributed by atoms with Crippen LogP contribution in [0.2, 0.25) is 0 Å². The van der Waals surface area contributed by atoms with Gasteiger partial charge in [0.15, 0.2) is 0 Å². The maximum Gasteiger partial charge on any atom is 0.261 e. The number of fused-ring (bicyclic) bond motifs is 2. The van der Waals surface area contributed by atoms with E-state index in [4.69, 9.17) is 0 Å². The van der Waals surface area contributed by atoms with Crippen molar-refractivity contribution in [2.24, 2.45) is 14.1 Å². The zero-order valence-corrected chi connectivity index (χ0v) is 10.6. The van der Waals surface area contributed by atoms with Gasteiger partial charge in [0.25, 0.3) is 22.2 Å². The lowest BCUT2D eigenvalue weighted by atomic mass is 10.0. The summed E-state index contributed by atoms with van der Waals surface area (Å²) < 4.78 is 1.98. The predicted molar refractivity (Wildman–Crippen MR) is 71.6 cm³/mol. The molecule has 0 atom stereocenters. The molecule has 0 saturated carbocycles. The molecule has 0 aliphatic heterocycles. The van der Waals surface area contributed by atoms with Gasteiger partial charge in [-0.15, -0.1) is 0 Å². The molecule has 1 aromatic carbocycles. The van der Waals surface area contributed by atoms with Crippen LogP contribution >= 0.6 is 0 Å². The average Bonchev–Trinajstić information content (AvgIpc) is 2.73. The Morgan fingerprint density at radius 2 is 1.11 bits per heavy atom. The fourth-order valence-corrected chi connectivity index (χ4v) is 2.59. The molecule has 0 unspecified atom stereocenters. The van der Waals surface area contributed by atoms with Gasteiger partial charge >= 0.3 is 0 Å². The van der Waals surface area contributed by atoms with Crippen molar-refractivity contribution in [3.8, 4) is 0 Å². The quantitative estimate of drug-likeness (QED) is 0.534. The van der Waals surface area contributed by atoms with Crippen LogP contribution in [-0.2, 0) is 14.1 Å². The number of benzene rings is 1. The third kappa shape index (κ3) is 1.15. The largest absolute Gasteiger partial charge is 0.277 e. The molecule has 0 bridgehead atoms. The smallest absolute Gasteiger partial charge is 0.261 e. The van der Waals surface area contributed by atoms with Crippen LogP contribution in [0, 0.1) is 6.92 Å². The van der Waals surface area contributed by atoms with Gasteiger partial charge in [-0.1, -0.05) is 0 Å². The average molecular weight is 258 g/mol. The molecule has 0 aliphatic rings. The van der Waals surface area contributed by atoms with Crippen LogP contribution in [0.15, 0.2) is 25.2 Å². The predicted octanol–water partition coefficient (Wildman–Crippen LogP) is -0.705. The van der Waals surface area contributed by atoms with Crippen LogP contribution in [-0.4, -0.2) is 9.13 Å². The zero-order valence-electron chi connectivity index (χ0n) is 10.6. The van der Waals surface area contributed by atoms with E-state index in [0.717, 1.165) is 9.13 Å². The Kier molecular flexibility index (Phi) is 2.00. The van der Waals surface area contributed by atoms with E-state index in [0.29, 0.717) is 5.56 Å². The highest BCUT2D eigenvalue weighted by molar-refractivity contribution is 6.01. The molecule has 0 aliphatic carbocycles. The third-order valence-corrected chi connectivity index (χ3v) is 3.68. The minimum absolute atomic E-state index is 0.195. The standard InChI is InChI=1S/C13H10N2O4/c1-5-8-6(10(16)14(2)12(8)18)4-7-9(5)13(19)15(3)11(7)17/h4H,1-3H3. The molecule has 0 N–H and O–H groups in total. The van der Waals surface area contributed by atoms with Gasteiger partial charge in [-0.05, 0) is 18.6 Å². The highest BCUT2D eigenvalue weighted by atomic mass is 16.2. The molecule has 3 aromatic rings. The van der Waals surface area contributed by atoms with E-state index in [-0.39, 0.29) is 21.5 Å². The fourth-order valence-electron chi connectivity index (χ4n) is 2.59. The van der Waals surface area contributed by atoms with Crippen molar-refractivity contribution in [1.82, 2.24) is 9.13 Å². The van der Waals surface area contributed by atoms with Crippen LogP contribution in [0.3, 0.4) is 0 Å². The molecular weight excluding hydrogens is 248 g/mol. The van der Waals surface area contributed by atoms with Crippen molar-refractivity contribution in [2.45, 2.75) is 6.92 Å². The summed E-state index contributed by atoms with van der Waals surface area (Å²) in [6.45, 7) is 1.59. The number of aromatic nitrogens is 2. The lowest BCUT2D eigenvalue weighted by Gasteiger charge is -1.95. The lowest BCUT2D eigenvalue weighted by Crippen LogP contribution is -2.22. The number of aryl methyl sites for hydroxylation is 1. The van der Waals surface area contributed by atoms with Crippen LogP contribution in [0.5, 0.6) is 0 Å². The molecule has 3 rings (SSSR count). The highest BCUT2D eigenvalue weighted by Gasteiger charge is 2.20. The summed E-state index contributed by atoms with van der Waals surface area (Å²) in [6, 6.07) is 1.35. The van der Waals surface area contributed by atoms with Gasteiger partial charge < -0.3 is 0 Å². The van der Waals surface area contributed by atoms with Gasteiger partial charge in [0, 0.05) is 14.1 Å². The first-order chi connectivity index (χ1) is 8.86. The van der Waals surface area contributed by atoms with E-state index < -0.39 is 22.2 Å². The highest BCUT2D eigenvalue weighted by Crippen LogP contribution is 2.19. The van der Waals surface area contributed by atoms with Gasteiger partial charge in [0.05, 0.1) is 21.5 Å². The second-order valence-electron chi connectivity index (χ2n) is 4.69. The van der Waals surface area contributed by atoms with Gasteiger partial charge in [0.2, 0.25) is 0 Å². The molecule has 6 nitrogen and oxygen atoms in total. The van der Waals surface area contributed by atoms with Crippen molar-refractivity contribution >= 4 is 21.5 Å². The minimum Gasteiger partial charge on any atom is -0.277 e. The van der Waals surface area contributed by atoms with Crippen LogP contribution in [0.4, 0.5) is 0 Å². The number of hydrogen-bond donors (Lipinski definition) is 0. The monoisotopic (exact) mass is 258 g/mol. The Bertz CT molecular complexity index is 976. The molecule has 0 spiro atoms. The summed E-state index contributed by atoms with van der Waals surface area (Å²) in [5.41, 5.74) is -1.36. The summed E-state index contributed by atoms with van der Waals surface area (Å²) in [7, 11) is 2.76. The first kappa shape index (κ1) is 11.6.